The number of hydrogen-bond donors (Lipinski definition) is 2. The highest BCUT2D eigenvalue weighted by Crippen LogP contribution is 2.58. The predicted molar refractivity (Wildman–Crippen MR) is 123 cm³/mol. The van der Waals surface area contributed by atoms with Gasteiger partial charge in [0.15, 0.2) is 0 Å². The molecular weight excluding hydrogens is 388 g/mol. The minimum absolute atomic E-state index is 0.0316. The Hall–Kier alpha value is -1.85. The van der Waals surface area contributed by atoms with Gasteiger partial charge in [-0.25, -0.2) is 4.79 Å². The molecule has 2 aliphatic carbocycles. The summed E-state index contributed by atoms with van der Waals surface area (Å²) in [6.07, 6.45) is 11.4. The van der Waals surface area contributed by atoms with E-state index in [-0.39, 0.29) is 11.3 Å². The summed E-state index contributed by atoms with van der Waals surface area (Å²) in [5, 5.41) is 3.49. The topological polar surface area (TPSA) is 73.6 Å². The third-order valence-electron chi connectivity index (χ3n) is 7.77. The highest BCUT2D eigenvalue weighted by Gasteiger charge is 2.57. The first-order valence-electron chi connectivity index (χ1n) is 12.1. The van der Waals surface area contributed by atoms with Crippen molar-refractivity contribution in [2.45, 2.75) is 75.4 Å². The van der Waals surface area contributed by atoms with Gasteiger partial charge in [-0.15, -0.1) is 0 Å². The molecule has 0 spiro atoms. The maximum absolute atomic E-state index is 12.0. The van der Waals surface area contributed by atoms with E-state index >= 15 is 0 Å². The number of ether oxygens (including phenoxy) is 2. The molecule has 3 atom stereocenters. The molecule has 1 unspecified atom stereocenters. The second kappa shape index (κ2) is 9.74. The van der Waals surface area contributed by atoms with Crippen molar-refractivity contribution in [1.29, 1.82) is 0 Å². The summed E-state index contributed by atoms with van der Waals surface area (Å²) in [7, 11) is 0. The normalized spacial score (nSPS) is 27.7. The first-order chi connectivity index (χ1) is 15.1. The van der Waals surface area contributed by atoms with Crippen LogP contribution in [0.25, 0.3) is 0 Å². The summed E-state index contributed by atoms with van der Waals surface area (Å²) in [5.41, 5.74) is 6.10. The number of carbonyl (C=O) groups excluding carboxylic acids is 1. The molecule has 1 aromatic rings. The van der Waals surface area contributed by atoms with E-state index in [9.17, 15) is 4.79 Å². The number of piperidine rings is 1. The van der Waals surface area contributed by atoms with Crippen molar-refractivity contribution in [2.75, 3.05) is 19.7 Å². The number of nitrogens with one attached hydrogen (secondary N) is 1. The highest BCUT2D eigenvalue weighted by atomic mass is 16.6. The lowest BCUT2D eigenvalue weighted by atomic mass is 9.69. The van der Waals surface area contributed by atoms with E-state index in [1.807, 2.05) is 12.1 Å². The smallest absolute Gasteiger partial charge is 0.405 e. The van der Waals surface area contributed by atoms with Gasteiger partial charge in [-0.1, -0.05) is 56.2 Å². The van der Waals surface area contributed by atoms with Crippen molar-refractivity contribution in [3.8, 4) is 0 Å². The Morgan fingerprint density at radius 3 is 2.55 bits per heavy atom. The molecule has 3 fully saturated rings. The Morgan fingerprint density at radius 1 is 1.19 bits per heavy atom. The molecule has 5 heteroatoms. The summed E-state index contributed by atoms with van der Waals surface area (Å²) in [6, 6.07) is 10.5. The molecule has 31 heavy (non-hydrogen) atoms. The summed E-state index contributed by atoms with van der Waals surface area (Å²) >= 11 is 0. The maximum Gasteiger partial charge on any atom is 0.405 e. The molecule has 170 valence electrons. The molecule has 3 aliphatic rings. The fourth-order valence-corrected chi connectivity index (χ4v) is 5.94. The van der Waals surface area contributed by atoms with Gasteiger partial charge >= 0.3 is 6.09 Å². The van der Waals surface area contributed by atoms with E-state index in [0.29, 0.717) is 12.0 Å². The van der Waals surface area contributed by atoms with Crippen LogP contribution in [0.2, 0.25) is 0 Å². The van der Waals surface area contributed by atoms with Crippen molar-refractivity contribution in [1.82, 2.24) is 5.32 Å². The summed E-state index contributed by atoms with van der Waals surface area (Å²) in [6.45, 7) is 6.78. The van der Waals surface area contributed by atoms with Crippen molar-refractivity contribution in [3.05, 3.63) is 48.6 Å². The molecule has 5 nitrogen and oxygen atoms in total. The van der Waals surface area contributed by atoms with Gasteiger partial charge in [0.2, 0.25) is 0 Å². The highest BCUT2D eigenvalue weighted by molar-refractivity contribution is 5.65. The molecule has 1 saturated heterocycles. The van der Waals surface area contributed by atoms with Crippen molar-refractivity contribution in [3.63, 3.8) is 0 Å². The number of nitrogens with two attached hydrogens (primary N) is 1. The zero-order chi connectivity index (χ0) is 21.7. The van der Waals surface area contributed by atoms with Crippen LogP contribution in [0, 0.1) is 11.3 Å². The average Bonchev–Trinajstić information content (AvgIpc) is 3.61. The molecule has 0 radical (unpaired) electrons. The van der Waals surface area contributed by atoms with Gasteiger partial charge in [-0.3, -0.25) is 0 Å². The van der Waals surface area contributed by atoms with Crippen LogP contribution in [0.15, 0.2) is 43.0 Å². The number of benzene rings is 1. The van der Waals surface area contributed by atoms with Crippen LogP contribution in [-0.2, 0) is 9.47 Å². The second-order valence-corrected chi connectivity index (χ2v) is 9.94. The molecule has 1 aromatic carbocycles. The molecule has 0 aromatic heterocycles. The Kier molecular flexibility index (Phi) is 7.02. The predicted octanol–water partition coefficient (Wildman–Crippen LogP) is 4.92. The van der Waals surface area contributed by atoms with Crippen LogP contribution >= 0.6 is 0 Å². The summed E-state index contributed by atoms with van der Waals surface area (Å²) in [5.74, 6) is 0.581. The van der Waals surface area contributed by atoms with Gasteiger partial charge < -0.3 is 20.5 Å². The Bertz CT molecular complexity index is 740. The summed E-state index contributed by atoms with van der Waals surface area (Å²) < 4.78 is 12.4. The lowest BCUT2D eigenvalue weighted by molar-refractivity contribution is -0.0750. The quantitative estimate of drug-likeness (QED) is 0.550. The summed E-state index contributed by atoms with van der Waals surface area (Å²) in [4.78, 5) is 12.0. The third kappa shape index (κ3) is 5.32. The van der Waals surface area contributed by atoms with E-state index in [1.165, 1.54) is 24.8 Å². The average molecular weight is 427 g/mol. The van der Waals surface area contributed by atoms with Gasteiger partial charge in [-0.05, 0) is 69.2 Å². The lowest BCUT2D eigenvalue weighted by Gasteiger charge is -2.45. The first kappa shape index (κ1) is 22.3. The Labute approximate surface area is 186 Å². The molecule has 0 bridgehead atoms. The molecule has 1 aliphatic heterocycles. The Morgan fingerprint density at radius 2 is 1.90 bits per heavy atom. The van der Waals surface area contributed by atoms with Crippen LogP contribution in [0.4, 0.5) is 4.79 Å². The van der Waals surface area contributed by atoms with E-state index in [0.717, 1.165) is 58.2 Å². The number of rotatable bonds is 9. The van der Waals surface area contributed by atoms with Crippen molar-refractivity contribution < 1.29 is 14.3 Å². The number of primary amides is 1. The van der Waals surface area contributed by atoms with Crippen LogP contribution < -0.4 is 11.1 Å². The van der Waals surface area contributed by atoms with Gasteiger partial charge in [-0.2, -0.15) is 0 Å². The third-order valence-corrected chi connectivity index (χ3v) is 7.77. The standard InChI is InChI=1S/C26H38N2O3/c1-2-26(31-24(27)29,23-17-22(23)20-9-5-3-6-10-20)18-25(13-15-28-16-14-25)19-30-21-11-7-4-8-12-21/h2-3,5-6,9-10,21-23,28H,1,4,7-8,11-19H2,(H2,27,29)/t22-,23-,26?/m1/s1. The SMILES string of the molecule is C=CC(CC1(COC2CCCCC2)CCNCC1)(OC(N)=O)[C@@H]1C[C@@H]1c1ccccc1. The van der Waals surface area contributed by atoms with Crippen molar-refractivity contribution in [2.24, 2.45) is 17.1 Å². The van der Waals surface area contributed by atoms with Gasteiger partial charge in [0.25, 0.3) is 0 Å². The lowest BCUT2D eigenvalue weighted by Crippen LogP contribution is -2.49. The van der Waals surface area contributed by atoms with Gasteiger partial charge in [0, 0.05) is 11.3 Å². The van der Waals surface area contributed by atoms with E-state index in [1.54, 1.807) is 0 Å². The van der Waals surface area contributed by atoms with Crippen LogP contribution in [-0.4, -0.2) is 37.5 Å². The first-order valence-corrected chi connectivity index (χ1v) is 12.1. The number of carbonyl (C=O) groups is 1. The van der Waals surface area contributed by atoms with E-state index in [4.69, 9.17) is 15.2 Å². The largest absolute Gasteiger partial charge is 0.439 e. The fourth-order valence-electron chi connectivity index (χ4n) is 5.94. The molecule has 1 heterocycles. The Balaban J connectivity index is 1.54. The number of amides is 1. The molecule has 1 amide bonds. The fraction of sp³-hybridized carbons (Fsp3) is 0.654. The van der Waals surface area contributed by atoms with Gasteiger partial charge in [0.05, 0.1) is 12.7 Å². The minimum Gasteiger partial charge on any atom is -0.439 e. The van der Waals surface area contributed by atoms with Crippen LogP contribution in [0.5, 0.6) is 0 Å². The second-order valence-electron chi connectivity index (χ2n) is 9.94. The van der Waals surface area contributed by atoms with Crippen molar-refractivity contribution >= 4 is 6.09 Å². The van der Waals surface area contributed by atoms with Crippen LogP contribution in [0.1, 0.15) is 69.3 Å². The number of hydrogen-bond acceptors (Lipinski definition) is 4. The minimum atomic E-state index is -0.750. The molecule has 3 N–H and O–H groups in total. The van der Waals surface area contributed by atoms with Crippen LogP contribution in [0.3, 0.4) is 0 Å². The van der Waals surface area contributed by atoms with Gasteiger partial charge in [0.1, 0.15) is 5.60 Å². The molecule has 2 saturated carbocycles. The molecular formula is C26H38N2O3. The van der Waals surface area contributed by atoms with E-state index in [2.05, 4.69) is 36.2 Å². The molecule has 4 rings (SSSR count). The monoisotopic (exact) mass is 426 g/mol. The zero-order valence-corrected chi connectivity index (χ0v) is 18.7. The maximum atomic E-state index is 12.0. The zero-order valence-electron chi connectivity index (χ0n) is 18.7. The van der Waals surface area contributed by atoms with E-state index < -0.39 is 11.7 Å².